The molecule has 1 unspecified atom stereocenters. The molecule has 2 aromatic rings. The predicted molar refractivity (Wildman–Crippen MR) is 203 cm³/mol. The van der Waals surface area contributed by atoms with Crippen LogP contribution in [0.5, 0.6) is 11.5 Å². The van der Waals surface area contributed by atoms with Crippen molar-refractivity contribution in [2.45, 2.75) is 115 Å². The van der Waals surface area contributed by atoms with E-state index < -0.39 is 30.0 Å². The number of benzene rings is 2. The lowest BCUT2D eigenvalue weighted by Gasteiger charge is -2.36. The first kappa shape index (κ1) is 35.5. The number of nitrogens with one attached hydrogen (secondary N) is 1. The lowest BCUT2D eigenvalue weighted by molar-refractivity contribution is -0.891. The minimum absolute atomic E-state index is 0.0549. The van der Waals surface area contributed by atoms with Crippen molar-refractivity contribution in [1.82, 2.24) is 0 Å². The molecule has 6 atom stereocenters. The molecule has 1 spiro atoms. The Balaban J connectivity index is 1.15. The highest BCUT2D eigenvalue weighted by molar-refractivity contribution is 5.87. The van der Waals surface area contributed by atoms with Crippen molar-refractivity contribution in [2.24, 2.45) is 27.1 Å². The van der Waals surface area contributed by atoms with Crippen LogP contribution in [0.1, 0.15) is 111 Å². The maximum Gasteiger partial charge on any atom is 0.252 e. The molecule has 2 bridgehead atoms. The molecule has 5 aliphatic heterocycles. The fourth-order valence-corrected chi connectivity index (χ4v) is 9.01. The average Bonchev–Trinajstić information content (AvgIpc) is 3.89. The molecule has 2 aromatic carbocycles. The fraction of sp³-hybridized carbons (Fsp3) is 0.477. The van der Waals surface area contributed by atoms with E-state index in [9.17, 15) is 15.0 Å². The maximum atomic E-state index is 12.8. The highest BCUT2D eigenvalue weighted by atomic mass is 16.5. The van der Waals surface area contributed by atoms with Crippen molar-refractivity contribution < 1.29 is 29.4 Å². The Morgan fingerprint density at radius 1 is 1.11 bits per heavy atom. The van der Waals surface area contributed by atoms with E-state index >= 15 is 0 Å². The van der Waals surface area contributed by atoms with Crippen LogP contribution in [-0.2, 0) is 24.1 Å². The number of aryl methyl sites for hydroxylation is 1. The number of allylic oxidation sites excluding steroid dienone is 1. The first-order chi connectivity index (χ1) is 25.8. The number of carbonyl (C=O) groups is 1. The van der Waals surface area contributed by atoms with E-state index in [0.717, 1.165) is 88.9 Å². The summed E-state index contributed by atoms with van der Waals surface area (Å²) in [5, 5.41) is 22.3. The summed E-state index contributed by atoms with van der Waals surface area (Å²) in [6.45, 7) is 2.81. The van der Waals surface area contributed by atoms with Crippen molar-refractivity contribution >= 4 is 18.2 Å². The molecular weight excluding hydrogens is 665 g/mol. The van der Waals surface area contributed by atoms with Crippen LogP contribution in [0.3, 0.4) is 0 Å². The third-order valence-electron chi connectivity index (χ3n) is 12.0. The van der Waals surface area contributed by atoms with Crippen molar-refractivity contribution in [3.8, 4) is 35.4 Å². The fourth-order valence-electron chi connectivity index (χ4n) is 9.01. The van der Waals surface area contributed by atoms with E-state index in [1.54, 1.807) is 0 Å². The van der Waals surface area contributed by atoms with Gasteiger partial charge in [-0.15, -0.1) is 0 Å². The van der Waals surface area contributed by atoms with Gasteiger partial charge in [0.2, 0.25) is 0 Å². The highest BCUT2D eigenvalue weighted by Gasteiger charge is 2.51. The summed E-state index contributed by atoms with van der Waals surface area (Å²) >= 11 is 0. The van der Waals surface area contributed by atoms with Crippen molar-refractivity contribution in [1.29, 1.82) is 0 Å². The normalized spacial score (nSPS) is 26.3. The lowest BCUT2D eigenvalue weighted by Crippen LogP contribution is -3.12. The third-order valence-corrected chi connectivity index (χ3v) is 12.0. The van der Waals surface area contributed by atoms with Gasteiger partial charge in [-0.25, -0.2) is 0 Å². The van der Waals surface area contributed by atoms with E-state index in [1.165, 1.54) is 5.57 Å². The van der Waals surface area contributed by atoms with Crippen LogP contribution in [0.15, 0.2) is 63.4 Å². The van der Waals surface area contributed by atoms with Gasteiger partial charge in [0.1, 0.15) is 48.5 Å². The lowest BCUT2D eigenvalue weighted by atomic mass is 9.73. The summed E-state index contributed by atoms with van der Waals surface area (Å²) in [5.41, 5.74) is 14.0. The molecule has 0 amide bonds. The number of hydrogen-bond acceptors (Lipinski definition) is 8. The second kappa shape index (κ2) is 15.1. The molecule has 53 heavy (non-hydrogen) atoms. The van der Waals surface area contributed by atoms with Crippen LogP contribution >= 0.6 is 0 Å². The van der Waals surface area contributed by atoms with Crippen LogP contribution in [0.4, 0.5) is 0 Å². The van der Waals surface area contributed by atoms with E-state index in [2.05, 4.69) is 42.0 Å². The molecule has 6 aliphatic rings. The van der Waals surface area contributed by atoms with Gasteiger partial charge in [0, 0.05) is 43.7 Å². The molecule has 5 heterocycles. The van der Waals surface area contributed by atoms with Gasteiger partial charge in [-0.3, -0.25) is 19.7 Å². The number of quaternary nitrogens is 1. The van der Waals surface area contributed by atoms with Gasteiger partial charge in [0.25, 0.3) is 6.23 Å². The number of ether oxygens (including phenoxy) is 2. The second-order valence-corrected chi connectivity index (χ2v) is 15.5. The number of rotatable bonds is 9. The molecule has 0 aromatic heterocycles. The summed E-state index contributed by atoms with van der Waals surface area (Å²) in [6.07, 6.45) is 16.3. The van der Waals surface area contributed by atoms with Crippen LogP contribution in [0.25, 0.3) is 0 Å². The van der Waals surface area contributed by atoms with Gasteiger partial charge in [-0.1, -0.05) is 75.0 Å². The molecule has 8 rings (SSSR count). The van der Waals surface area contributed by atoms with Crippen molar-refractivity contribution in [3.63, 3.8) is 0 Å². The van der Waals surface area contributed by atoms with E-state index in [1.807, 2.05) is 42.8 Å². The Hall–Kier alpha value is -4.51. The number of ketones is 1. The number of unbranched alkanes of at least 4 members (excludes halogenated alkanes) is 2. The zero-order valence-corrected chi connectivity index (χ0v) is 30.5. The largest absolute Gasteiger partial charge is 0.437 e. The molecule has 5 N–H and O–H groups in total. The van der Waals surface area contributed by atoms with Gasteiger partial charge in [0.15, 0.2) is 11.5 Å². The van der Waals surface area contributed by atoms with Crippen LogP contribution in [0.2, 0.25) is 0 Å². The molecule has 1 saturated carbocycles. The van der Waals surface area contributed by atoms with Gasteiger partial charge in [-0.2, -0.15) is 0 Å². The van der Waals surface area contributed by atoms with Crippen molar-refractivity contribution in [3.05, 3.63) is 81.2 Å². The zero-order valence-electron chi connectivity index (χ0n) is 30.5. The minimum Gasteiger partial charge on any atom is -0.437 e. The number of fused-ring (bicyclic) bond motifs is 8. The summed E-state index contributed by atoms with van der Waals surface area (Å²) in [6, 6.07) is 9.75. The number of Topliss-reactive ketones (excluding diaryl/α,β-unsaturated/α-hetero) is 1. The van der Waals surface area contributed by atoms with Crippen molar-refractivity contribution in [2.75, 3.05) is 6.54 Å². The summed E-state index contributed by atoms with van der Waals surface area (Å²) in [7, 11) is 0. The molecule has 0 saturated heterocycles. The number of aliphatic imine (C=N–C) groups is 2. The number of aliphatic hydroxyl groups is 2. The Kier molecular flexibility index (Phi) is 10.1. The number of nitrogens with zero attached hydrogens (tertiary/aromatic N) is 2. The SMILES string of the molecule is CCCCC[C@@H](O)CC(=O)CCc1ccc2c(c1)O[C@@H]1[C@@H](C#C[C@@H](O)c3ccc4c(c3CC3=C5C[NH+]1C=C5N=C3)CC=N[C@@H]4N)C1(C#CO2)CCCC1. The van der Waals surface area contributed by atoms with Gasteiger partial charge in [-0.05, 0) is 71.2 Å². The number of carbonyl (C=O) groups excluding carboxylic acids is 1. The van der Waals surface area contributed by atoms with Crippen LogP contribution in [-0.4, -0.2) is 47.3 Å². The van der Waals surface area contributed by atoms with Gasteiger partial charge >= 0.3 is 0 Å². The highest BCUT2D eigenvalue weighted by Crippen LogP contribution is 2.47. The Labute approximate surface area is 312 Å². The van der Waals surface area contributed by atoms with E-state index in [0.29, 0.717) is 50.1 Å². The molecule has 0 radical (unpaired) electrons. The Morgan fingerprint density at radius 3 is 2.81 bits per heavy atom. The molecular formula is C44H49N4O5+. The summed E-state index contributed by atoms with van der Waals surface area (Å²) < 4.78 is 13.2. The Bertz CT molecular complexity index is 2030. The number of nitrogens with two attached hydrogens (primary N) is 1. The number of hydrogen-bond donors (Lipinski definition) is 4. The first-order valence-electron chi connectivity index (χ1n) is 19.4. The molecule has 9 heteroatoms. The third kappa shape index (κ3) is 7.12. The monoisotopic (exact) mass is 713 g/mol. The smallest absolute Gasteiger partial charge is 0.252 e. The summed E-state index contributed by atoms with van der Waals surface area (Å²) in [4.78, 5) is 23.3. The molecule has 1 aliphatic carbocycles. The first-order valence-corrected chi connectivity index (χ1v) is 19.4. The molecule has 274 valence electrons. The average molecular weight is 714 g/mol. The summed E-state index contributed by atoms with van der Waals surface area (Å²) in [5.74, 6) is 11.2. The molecule has 1 fully saturated rings. The predicted octanol–water partition coefficient (Wildman–Crippen LogP) is 4.75. The zero-order chi connectivity index (χ0) is 36.5. The van der Waals surface area contributed by atoms with E-state index in [-0.39, 0.29) is 18.1 Å². The van der Waals surface area contributed by atoms with Gasteiger partial charge in [0.05, 0.1) is 11.5 Å². The van der Waals surface area contributed by atoms with Crippen LogP contribution < -0.4 is 20.1 Å². The standard InChI is InChI=1S/C44H48N4O5/c1-2-3-4-7-30(49)24-31(50)10-8-28-9-15-40-41(22-28)53-43-37(44(19-21-52-40)17-5-6-18-44)13-14-39(51)33-11-12-34-32(16-20-46-42(34)45)35(33)23-29-25-47-38-27-48(43)26-36(29)38/h9,11-12,15,20,22,25,27,30,37,39,42-43,49,51H,2-8,10,16-18,23-24,26,45H2,1H3/p+1/t30-,37-,39-,42+,43-/m1/s1. The van der Waals surface area contributed by atoms with Crippen LogP contribution in [0, 0.1) is 35.2 Å². The quantitative estimate of drug-likeness (QED) is 0.219. The molecule has 9 nitrogen and oxygen atoms in total. The van der Waals surface area contributed by atoms with Gasteiger partial charge < -0.3 is 25.4 Å². The Morgan fingerprint density at radius 2 is 1.96 bits per heavy atom. The van der Waals surface area contributed by atoms with E-state index in [4.69, 9.17) is 20.2 Å². The topological polar surface area (TPSA) is 131 Å². The maximum absolute atomic E-state index is 12.8. The second-order valence-electron chi connectivity index (χ2n) is 15.5. The number of aliphatic hydroxyl groups excluding tert-OH is 2. The minimum atomic E-state index is -1.03.